The number of nitrogens with zero attached hydrogens (tertiary/aromatic N) is 4. The Morgan fingerprint density at radius 1 is 1.36 bits per heavy atom. The maximum Gasteiger partial charge on any atom is 0.293 e. The van der Waals surface area contributed by atoms with Crippen molar-refractivity contribution >= 4 is 5.91 Å². The second-order valence-corrected chi connectivity index (χ2v) is 5.76. The molecule has 128 valence electrons. The molecule has 1 aliphatic heterocycles. The number of carbonyl (C=O) groups is 1. The second kappa shape index (κ2) is 6.39. The number of hydrogen-bond acceptors (Lipinski definition) is 7. The number of rotatable bonds is 4. The normalized spacial score (nSPS) is 17.0. The van der Waals surface area contributed by atoms with Gasteiger partial charge in [0.15, 0.2) is 11.6 Å². The van der Waals surface area contributed by atoms with E-state index in [-0.39, 0.29) is 11.8 Å². The number of methoxy groups -OCH3 is 1. The minimum absolute atomic E-state index is 0.0441. The summed E-state index contributed by atoms with van der Waals surface area (Å²) in [7, 11) is 1.54. The molecule has 1 aliphatic rings. The largest absolute Gasteiger partial charge is 0.481 e. The van der Waals surface area contributed by atoms with Crippen molar-refractivity contribution in [2.45, 2.75) is 12.3 Å². The number of pyridine rings is 1. The molecule has 0 aliphatic carbocycles. The molecule has 3 aromatic rings. The van der Waals surface area contributed by atoms with Gasteiger partial charge in [-0.2, -0.15) is 4.98 Å². The van der Waals surface area contributed by atoms with Gasteiger partial charge in [0.05, 0.1) is 18.9 Å². The van der Waals surface area contributed by atoms with Crippen molar-refractivity contribution in [3.05, 3.63) is 48.1 Å². The molecule has 4 rings (SSSR count). The zero-order valence-corrected chi connectivity index (χ0v) is 13.6. The van der Waals surface area contributed by atoms with E-state index in [1.807, 2.05) is 0 Å². The van der Waals surface area contributed by atoms with Gasteiger partial charge in [0.1, 0.15) is 0 Å². The van der Waals surface area contributed by atoms with Crippen LogP contribution < -0.4 is 4.74 Å². The van der Waals surface area contributed by atoms with Crippen LogP contribution in [0.5, 0.6) is 5.88 Å². The van der Waals surface area contributed by atoms with Crippen molar-refractivity contribution in [1.82, 2.24) is 20.0 Å². The predicted molar refractivity (Wildman–Crippen MR) is 86.1 cm³/mol. The molecule has 1 atom stereocenters. The third kappa shape index (κ3) is 2.98. The summed E-state index contributed by atoms with van der Waals surface area (Å²) in [6.45, 7) is 1.18. The molecule has 0 radical (unpaired) electrons. The molecule has 3 aromatic heterocycles. The zero-order chi connectivity index (χ0) is 17.2. The number of furan rings is 1. The van der Waals surface area contributed by atoms with Gasteiger partial charge < -0.3 is 18.6 Å². The van der Waals surface area contributed by atoms with E-state index in [0.29, 0.717) is 42.0 Å². The zero-order valence-electron chi connectivity index (χ0n) is 13.6. The summed E-state index contributed by atoms with van der Waals surface area (Å²) in [5.41, 5.74) is 0.533. The molecule has 1 fully saturated rings. The number of ether oxygens (including phenoxy) is 1. The summed E-state index contributed by atoms with van der Waals surface area (Å²) < 4.78 is 15.5. The van der Waals surface area contributed by atoms with Gasteiger partial charge in [0, 0.05) is 31.3 Å². The maximum absolute atomic E-state index is 12.6. The standard InChI is InChI=1S/C17H16N4O4/c1-23-14-5-4-11(9-18-14)17(22)21-7-6-12(10-21)15-19-16(25-20-15)13-3-2-8-24-13/h2-5,8-9,12H,6-7,10H2,1H3. The monoisotopic (exact) mass is 340 g/mol. The third-order valence-corrected chi connectivity index (χ3v) is 4.21. The van der Waals surface area contributed by atoms with Crippen LogP contribution in [0.1, 0.15) is 28.5 Å². The van der Waals surface area contributed by atoms with Crippen molar-refractivity contribution in [3.63, 3.8) is 0 Å². The highest BCUT2D eigenvalue weighted by molar-refractivity contribution is 5.94. The van der Waals surface area contributed by atoms with Crippen LogP contribution in [-0.4, -0.2) is 46.1 Å². The third-order valence-electron chi connectivity index (χ3n) is 4.21. The van der Waals surface area contributed by atoms with Crippen LogP contribution >= 0.6 is 0 Å². The van der Waals surface area contributed by atoms with Crippen LogP contribution in [0.3, 0.4) is 0 Å². The smallest absolute Gasteiger partial charge is 0.293 e. The Morgan fingerprint density at radius 2 is 2.28 bits per heavy atom. The Bertz CT molecular complexity index is 857. The van der Waals surface area contributed by atoms with Crippen molar-refractivity contribution in [2.75, 3.05) is 20.2 Å². The molecular formula is C17H16N4O4. The number of aromatic nitrogens is 3. The molecule has 1 saturated heterocycles. The van der Waals surface area contributed by atoms with Gasteiger partial charge >= 0.3 is 0 Å². The molecule has 0 bridgehead atoms. The summed E-state index contributed by atoms with van der Waals surface area (Å²) in [6.07, 6.45) is 3.86. The van der Waals surface area contributed by atoms with Gasteiger partial charge in [0.25, 0.3) is 11.8 Å². The van der Waals surface area contributed by atoms with Gasteiger partial charge in [-0.05, 0) is 24.6 Å². The molecule has 8 heteroatoms. The van der Waals surface area contributed by atoms with Crippen LogP contribution in [0.2, 0.25) is 0 Å². The minimum Gasteiger partial charge on any atom is -0.481 e. The lowest BCUT2D eigenvalue weighted by atomic mass is 10.1. The molecular weight excluding hydrogens is 324 g/mol. The molecule has 4 heterocycles. The summed E-state index contributed by atoms with van der Waals surface area (Å²) in [4.78, 5) is 22.8. The van der Waals surface area contributed by atoms with E-state index in [0.717, 1.165) is 6.42 Å². The molecule has 0 N–H and O–H groups in total. The average Bonchev–Trinajstić information content (AvgIpc) is 3.41. The Labute approximate surface area is 143 Å². The van der Waals surface area contributed by atoms with Crippen LogP contribution in [0.15, 0.2) is 45.7 Å². The number of hydrogen-bond donors (Lipinski definition) is 0. The molecule has 0 saturated carbocycles. The Hall–Kier alpha value is -3.16. The molecule has 8 nitrogen and oxygen atoms in total. The first-order valence-corrected chi connectivity index (χ1v) is 7.91. The summed E-state index contributed by atoms with van der Waals surface area (Å²) in [6, 6.07) is 6.91. The van der Waals surface area contributed by atoms with Crippen molar-refractivity contribution < 1.29 is 18.5 Å². The van der Waals surface area contributed by atoms with Gasteiger partial charge in [0.2, 0.25) is 5.88 Å². The fourth-order valence-electron chi connectivity index (χ4n) is 2.87. The number of likely N-dealkylation sites (tertiary alicyclic amines) is 1. The van der Waals surface area contributed by atoms with Crippen LogP contribution in [0.4, 0.5) is 0 Å². The fourth-order valence-corrected chi connectivity index (χ4v) is 2.87. The Kier molecular flexibility index (Phi) is 3.93. The molecule has 25 heavy (non-hydrogen) atoms. The molecule has 1 amide bonds. The first kappa shape index (κ1) is 15.4. The lowest BCUT2D eigenvalue weighted by Gasteiger charge is -2.15. The number of amides is 1. The summed E-state index contributed by atoms with van der Waals surface area (Å²) in [5.74, 6) is 1.94. The fraction of sp³-hybridized carbons (Fsp3) is 0.294. The van der Waals surface area contributed by atoms with E-state index >= 15 is 0 Å². The highest BCUT2D eigenvalue weighted by Gasteiger charge is 2.31. The lowest BCUT2D eigenvalue weighted by Crippen LogP contribution is -2.28. The topological polar surface area (TPSA) is 94.5 Å². The lowest BCUT2D eigenvalue weighted by molar-refractivity contribution is 0.0790. The van der Waals surface area contributed by atoms with E-state index in [1.165, 1.54) is 13.3 Å². The van der Waals surface area contributed by atoms with E-state index in [2.05, 4.69) is 15.1 Å². The minimum atomic E-state index is -0.0626. The van der Waals surface area contributed by atoms with Gasteiger partial charge in [-0.1, -0.05) is 5.16 Å². The van der Waals surface area contributed by atoms with Crippen molar-refractivity contribution in [3.8, 4) is 17.5 Å². The van der Waals surface area contributed by atoms with E-state index in [4.69, 9.17) is 13.7 Å². The molecule has 0 aromatic carbocycles. The summed E-state index contributed by atoms with van der Waals surface area (Å²) in [5, 5.41) is 4.03. The first-order chi connectivity index (χ1) is 12.2. The first-order valence-electron chi connectivity index (χ1n) is 7.91. The summed E-state index contributed by atoms with van der Waals surface area (Å²) >= 11 is 0. The van der Waals surface area contributed by atoms with Crippen LogP contribution in [0.25, 0.3) is 11.7 Å². The SMILES string of the molecule is COc1ccc(C(=O)N2CCC(c3noc(-c4ccco4)n3)C2)cn1. The highest BCUT2D eigenvalue weighted by Crippen LogP contribution is 2.28. The highest BCUT2D eigenvalue weighted by atomic mass is 16.5. The predicted octanol–water partition coefficient (Wildman–Crippen LogP) is 2.36. The van der Waals surface area contributed by atoms with E-state index in [1.54, 1.807) is 35.4 Å². The van der Waals surface area contributed by atoms with Crippen molar-refractivity contribution in [1.29, 1.82) is 0 Å². The van der Waals surface area contributed by atoms with E-state index in [9.17, 15) is 4.79 Å². The van der Waals surface area contributed by atoms with Crippen LogP contribution in [-0.2, 0) is 0 Å². The number of carbonyl (C=O) groups excluding carboxylic acids is 1. The maximum atomic E-state index is 12.6. The van der Waals surface area contributed by atoms with Gasteiger partial charge in [-0.15, -0.1) is 0 Å². The molecule has 0 spiro atoms. The Balaban J connectivity index is 1.45. The Morgan fingerprint density at radius 3 is 3.00 bits per heavy atom. The van der Waals surface area contributed by atoms with Crippen molar-refractivity contribution in [2.24, 2.45) is 0 Å². The second-order valence-electron chi connectivity index (χ2n) is 5.76. The van der Waals surface area contributed by atoms with Gasteiger partial charge in [-0.25, -0.2) is 4.98 Å². The quantitative estimate of drug-likeness (QED) is 0.719. The molecule has 1 unspecified atom stereocenters. The van der Waals surface area contributed by atoms with Crippen LogP contribution in [0, 0.1) is 0 Å². The van der Waals surface area contributed by atoms with E-state index < -0.39 is 0 Å². The average molecular weight is 340 g/mol. The van der Waals surface area contributed by atoms with Gasteiger partial charge in [-0.3, -0.25) is 4.79 Å².